The molecule has 0 atom stereocenters. The van der Waals surface area contributed by atoms with Crippen LogP contribution in [0.4, 0.5) is 13.9 Å². The van der Waals surface area contributed by atoms with Gasteiger partial charge in [0.05, 0.1) is 28.0 Å². The van der Waals surface area contributed by atoms with E-state index in [1.165, 1.54) is 16.2 Å². The van der Waals surface area contributed by atoms with Crippen molar-refractivity contribution >= 4 is 44.2 Å². The number of aryl methyl sites for hydroxylation is 1. The molecule has 0 fully saturated rings. The molecule has 4 nitrogen and oxygen atoms in total. The normalized spacial score (nSPS) is 11.0. The van der Waals surface area contributed by atoms with Crippen LogP contribution in [-0.2, 0) is 6.54 Å². The number of pyridine rings is 1. The van der Waals surface area contributed by atoms with Gasteiger partial charge in [-0.25, -0.2) is 13.8 Å². The highest BCUT2D eigenvalue weighted by Crippen LogP contribution is 2.34. The molecule has 2 heterocycles. The van der Waals surface area contributed by atoms with E-state index >= 15 is 0 Å². The van der Waals surface area contributed by atoms with Crippen LogP contribution in [0.25, 0.3) is 10.2 Å². The lowest BCUT2D eigenvalue weighted by molar-refractivity contribution is 0.0981. The summed E-state index contributed by atoms with van der Waals surface area (Å²) in [6, 6.07) is 11.8. The third-order valence-corrected chi connectivity index (χ3v) is 5.87. The Morgan fingerprint density at radius 2 is 2.00 bits per heavy atom. The first kappa shape index (κ1) is 19.4. The molecule has 4 rings (SSSR count). The van der Waals surface area contributed by atoms with Crippen molar-refractivity contribution in [2.45, 2.75) is 13.5 Å². The topological polar surface area (TPSA) is 46.1 Å². The lowest BCUT2D eigenvalue weighted by atomic mass is 10.1. The monoisotopic (exact) mass is 429 g/mol. The molecule has 8 heteroatoms. The van der Waals surface area contributed by atoms with Gasteiger partial charge in [-0.05, 0) is 48.9 Å². The van der Waals surface area contributed by atoms with Gasteiger partial charge in [0, 0.05) is 17.3 Å². The molecular formula is C21H14ClF2N3OS. The Labute approximate surface area is 174 Å². The summed E-state index contributed by atoms with van der Waals surface area (Å²) < 4.78 is 28.5. The van der Waals surface area contributed by atoms with Gasteiger partial charge in [-0.2, -0.15) is 0 Å². The number of fused-ring (bicyclic) bond motifs is 1. The molecule has 0 saturated heterocycles. The first-order valence-corrected chi connectivity index (χ1v) is 9.86. The van der Waals surface area contributed by atoms with E-state index in [0.717, 1.165) is 22.4 Å². The van der Waals surface area contributed by atoms with Gasteiger partial charge in [0.25, 0.3) is 5.91 Å². The van der Waals surface area contributed by atoms with E-state index in [2.05, 4.69) is 9.97 Å². The number of rotatable bonds is 4. The van der Waals surface area contributed by atoms with Crippen LogP contribution in [0.5, 0.6) is 0 Å². The van der Waals surface area contributed by atoms with E-state index in [9.17, 15) is 13.6 Å². The molecule has 0 aliphatic rings. The molecule has 0 radical (unpaired) electrons. The second-order valence-corrected chi connectivity index (χ2v) is 7.77. The lowest BCUT2D eigenvalue weighted by Gasteiger charge is -2.20. The van der Waals surface area contributed by atoms with E-state index in [1.54, 1.807) is 30.5 Å². The molecule has 29 heavy (non-hydrogen) atoms. The minimum Gasteiger partial charge on any atom is -0.278 e. The molecule has 0 aliphatic carbocycles. The largest absolute Gasteiger partial charge is 0.278 e. The van der Waals surface area contributed by atoms with Gasteiger partial charge in [0.2, 0.25) is 0 Å². The number of anilines is 1. The zero-order chi connectivity index (χ0) is 20.5. The van der Waals surface area contributed by atoms with E-state index in [4.69, 9.17) is 11.6 Å². The predicted octanol–water partition coefficient (Wildman–Crippen LogP) is 5.78. The Balaban J connectivity index is 1.82. The maximum absolute atomic E-state index is 14.3. The minimum absolute atomic E-state index is 0.0864. The Kier molecular flexibility index (Phi) is 5.25. The molecule has 1 amide bonds. The van der Waals surface area contributed by atoms with E-state index in [0.29, 0.717) is 27.4 Å². The van der Waals surface area contributed by atoms with Crippen molar-refractivity contribution in [2.75, 3.05) is 4.90 Å². The molecule has 0 N–H and O–H groups in total. The molecule has 2 aromatic carbocycles. The Bertz CT molecular complexity index is 1210. The Hall–Kier alpha value is -2.90. The van der Waals surface area contributed by atoms with Crippen LogP contribution in [0.3, 0.4) is 0 Å². The van der Waals surface area contributed by atoms with E-state index in [-0.39, 0.29) is 12.1 Å². The standard InChI is InChI=1S/C21H14ClF2N3OS/c1-12-16(22)7-8-18-19(12)26-21(29-18)27(11-14-4-2-3-9-25-14)20(28)15-6-5-13(23)10-17(15)24/h2-10H,11H2,1H3. The van der Waals surface area contributed by atoms with Crippen LogP contribution >= 0.6 is 22.9 Å². The summed E-state index contributed by atoms with van der Waals surface area (Å²) in [5.41, 5.74) is 1.84. The number of halogens is 3. The molecule has 0 saturated carbocycles. The van der Waals surface area contributed by atoms with Gasteiger partial charge in [-0.3, -0.25) is 14.7 Å². The Morgan fingerprint density at radius 1 is 1.17 bits per heavy atom. The number of hydrogen-bond acceptors (Lipinski definition) is 4. The molecule has 0 unspecified atom stereocenters. The highest BCUT2D eigenvalue weighted by atomic mass is 35.5. The molecular weight excluding hydrogens is 416 g/mol. The van der Waals surface area contributed by atoms with Gasteiger partial charge in [0.15, 0.2) is 5.13 Å². The van der Waals surface area contributed by atoms with Gasteiger partial charge in [-0.1, -0.05) is 29.0 Å². The quantitative estimate of drug-likeness (QED) is 0.413. The maximum atomic E-state index is 14.3. The van der Waals surface area contributed by atoms with Crippen LogP contribution in [-0.4, -0.2) is 15.9 Å². The lowest BCUT2D eigenvalue weighted by Crippen LogP contribution is -2.31. The predicted molar refractivity (Wildman–Crippen MR) is 110 cm³/mol. The molecule has 0 spiro atoms. The number of amides is 1. The smallest absolute Gasteiger partial charge is 0.263 e. The van der Waals surface area contributed by atoms with Crippen molar-refractivity contribution in [1.29, 1.82) is 0 Å². The summed E-state index contributed by atoms with van der Waals surface area (Å²) in [7, 11) is 0. The molecule has 0 aliphatic heterocycles. The van der Waals surface area contributed by atoms with E-state index < -0.39 is 17.5 Å². The average molecular weight is 430 g/mol. The van der Waals surface area contributed by atoms with Crippen molar-refractivity contribution in [2.24, 2.45) is 0 Å². The number of aromatic nitrogens is 2. The van der Waals surface area contributed by atoms with Crippen LogP contribution in [0.15, 0.2) is 54.7 Å². The third kappa shape index (κ3) is 3.83. The van der Waals surface area contributed by atoms with Gasteiger partial charge in [-0.15, -0.1) is 0 Å². The van der Waals surface area contributed by atoms with Gasteiger partial charge < -0.3 is 0 Å². The fourth-order valence-electron chi connectivity index (χ4n) is 2.89. The van der Waals surface area contributed by atoms with Crippen molar-refractivity contribution in [3.05, 3.63) is 88.2 Å². The zero-order valence-corrected chi connectivity index (χ0v) is 16.8. The van der Waals surface area contributed by atoms with Gasteiger partial charge in [0.1, 0.15) is 11.6 Å². The minimum atomic E-state index is -0.929. The molecule has 0 bridgehead atoms. The van der Waals surface area contributed by atoms with Crippen molar-refractivity contribution < 1.29 is 13.6 Å². The van der Waals surface area contributed by atoms with Crippen molar-refractivity contribution in [3.8, 4) is 0 Å². The Morgan fingerprint density at radius 3 is 2.72 bits per heavy atom. The zero-order valence-electron chi connectivity index (χ0n) is 15.2. The van der Waals surface area contributed by atoms with Crippen LogP contribution in [0, 0.1) is 18.6 Å². The summed E-state index contributed by atoms with van der Waals surface area (Å²) >= 11 is 7.48. The summed E-state index contributed by atoms with van der Waals surface area (Å²) in [4.78, 5) is 23.4. The number of nitrogens with zero attached hydrogens (tertiary/aromatic N) is 3. The van der Waals surface area contributed by atoms with Crippen LogP contribution in [0.1, 0.15) is 21.6 Å². The number of hydrogen-bond donors (Lipinski definition) is 0. The molecule has 146 valence electrons. The fraction of sp³-hybridized carbons (Fsp3) is 0.0952. The molecule has 2 aromatic heterocycles. The van der Waals surface area contributed by atoms with Gasteiger partial charge >= 0.3 is 0 Å². The summed E-state index contributed by atoms with van der Waals surface area (Å²) in [6.45, 7) is 1.93. The number of benzene rings is 2. The van der Waals surface area contributed by atoms with E-state index in [1.807, 2.05) is 13.0 Å². The summed E-state index contributed by atoms with van der Waals surface area (Å²) in [6.07, 6.45) is 1.61. The number of carbonyl (C=O) groups excluding carboxylic acids is 1. The third-order valence-electron chi connectivity index (χ3n) is 4.42. The highest BCUT2D eigenvalue weighted by Gasteiger charge is 2.25. The number of thiazole rings is 1. The second kappa shape index (κ2) is 7.85. The SMILES string of the molecule is Cc1c(Cl)ccc2sc(N(Cc3ccccn3)C(=O)c3ccc(F)cc3F)nc12. The fourth-order valence-corrected chi connectivity index (χ4v) is 4.07. The summed E-state index contributed by atoms with van der Waals surface area (Å²) in [5, 5.41) is 0.950. The average Bonchev–Trinajstić information content (AvgIpc) is 3.14. The second-order valence-electron chi connectivity index (χ2n) is 6.35. The number of carbonyl (C=O) groups is 1. The first-order chi connectivity index (χ1) is 13.9. The van der Waals surface area contributed by atoms with Crippen LogP contribution < -0.4 is 4.90 Å². The van der Waals surface area contributed by atoms with Crippen molar-refractivity contribution in [1.82, 2.24) is 9.97 Å². The first-order valence-electron chi connectivity index (χ1n) is 8.66. The highest BCUT2D eigenvalue weighted by molar-refractivity contribution is 7.22. The maximum Gasteiger partial charge on any atom is 0.263 e. The van der Waals surface area contributed by atoms with Crippen LogP contribution in [0.2, 0.25) is 5.02 Å². The van der Waals surface area contributed by atoms with Crippen molar-refractivity contribution in [3.63, 3.8) is 0 Å². The summed E-state index contributed by atoms with van der Waals surface area (Å²) in [5.74, 6) is -2.31. The molecule has 4 aromatic rings.